The molecule has 0 saturated heterocycles. The molecule has 1 aromatic carbocycles. The van der Waals surface area contributed by atoms with Gasteiger partial charge in [-0.1, -0.05) is 29.8 Å². The summed E-state index contributed by atoms with van der Waals surface area (Å²) in [6, 6.07) is 10.7. The standard InChI is InChI=1S/C23H22ClN3O3/c1-15-19(13-26-23(29)21-7-4-10-30-21)18-8-9-27(14-17(18)12-25-15)22(28)11-16-5-2-3-6-20(16)24/h2-7,10,12H,8-9,11,13-14H2,1H3,(H,26,29). The highest BCUT2D eigenvalue weighted by Gasteiger charge is 2.24. The van der Waals surface area contributed by atoms with Gasteiger partial charge in [-0.3, -0.25) is 14.6 Å². The summed E-state index contributed by atoms with van der Waals surface area (Å²) < 4.78 is 5.14. The number of nitrogens with one attached hydrogen (secondary N) is 1. The van der Waals surface area contributed by atoms with Crippen LogP contribution in [0, 0.1) is 6.92 Å². The van der Waals surface area contributed by atoms with Gasteiger partial charge in [0.1, 0.15) is 0 Å². The molecule has 3 aromatic rings. The summed E-state index contributed by atoms with van der Waals surface area (Å²) in [6.45, 7) is 3.43. The number of benzene rings is 1. The zero-order valence-electron chi connectivity index (χ0n) is 16.7. The molecule has 1 aliphatic rings. The van der Waals surface area contributed by atoms with Crippen molar-refractivity contribution in [3.63, 3.8) is 0 Å². The monoisotopic (exact) mass is 423 g/mol. The van der Waals surface area contributed by atoms with Crippen LogP contribution in [0.15, 0.2) is 53.3 Å². The van der Waals surface area contributed by atoms with E-state index in [9.17, 15) is 9.59 Å². The van der Waals surface area contributed by atoms with Gasteiger partial charge in [0.15, 0.2) is 5.76 Å². The van der Waals surface area contributed by atoms with Crippen molar-refractivity contribution in [2.24, 2.45) is 0 Å². The van der Waals surface area contributed by atoms with Crippen molar-refractivity contribution in [1.29, 1.82) is 0 Å². The molecular weight excluding hydrogens is 402 g/mol. The third-order valence-electron chi connectivity index (χ3n) is 5.42. The first-order valence-electron chi connectivity index (χ1n) is 9.82. The minimum absolute atomic E-state index is 0.0435. The van der Waals surface area contributed by atoms with Crippen LogP contribution < -0.4 is 5.32 Å². The molecule has 7 heteroatoms. The summed E-state index contributed by atoms with van der Waals surface area (Å²) in [5.74, 6) is 0.0631. The molecular formula is C23H22ClN3O3. The molecule has 2 aromatic heterocycles. The van der Waals surface area contributed by atoms with Gasteiger partial charge in [-0.05, 0) is 53.8 Å². The number of pyridine rings is 1. The Morgan fingerprint density at radius 3 is 2.83 bits per heavy atom. The largest absolute Gasteiger partial charge is 0.459 e. The molecule has 0 spiro atoms. The average molecular weight is 424 g/mol. The van der Waals surface area contributed by atoms with E-state index in [1.54, 1.807) is 18.2 Å². The summed E-state index contributed by atoms with van der Waals surface area (Å²) in [7, 11) is 0. The second-order valence-electron chi connectivity index (χ2n) is 7.32. The Bertz CT molecular complexity index is 1080. The molecule has 0 atom stereocenters. The highest BCUT2D eigenvalue weighted by atomic mass is 35.5. The molecule has 154 valence electrons. The number of rotatable bonds is 5. The lowest BCUT2D eigenvalue weighted by Crippen LogP contribution is -2.38. The fourth-order valence-electron chi connectivity index (χ4n) is 3.75. The predicted octanol–water partition coefficient (Wildman–Crippen LogP) is 3.69. The van der Waals surface area contributed by atoms with E-state index in [1.165, 1.54) is 6.26 Å². The van der Waals surface area contributed by atoms with E-state index in [2.05, 4.69) is 10.3 Å². The van der Waals surface area contributed by atoms with E-state index < -0.39 is 0 Å². The van der Waals surface area contributed by atoms with Crippen LogP contribution in [0.3, 0.4) is 0 Å². The Morgan fingerprint density at radius 2 is 2.07 bits per heavy atom. The van der Waals surface area contributed by atoms with Crippen molar-refractivity contribution in [3.8, 4) is 0 Å². The molecule has 30 heavy (non-hydrogen) atoms. The van der Waals surface area contributed by atoms with Crippen molar-refractivity contribution >= 4 is 23.4 Å². The van der Waals surface area contributed by atoms with Crippen molar-refractivity contribution < 1.29 is 14.0 Å². The van der Waals surface area contributed by atoms with Crippen molar-refractivity contribution in [3.05, 3.63) is 87.6 Å². The topological polar surface area (TPSA) is 75.4 Å². The lowest BCUT2D eigenvalue weighted by Gasteiger charge is -2.30. The summed E-state index contributed by atoms with van der Waals surface area (Å²) in [5.41, 5.74) is 4.89. The Hall–Kier alpha value is -3.12. The van der Waals surface area contributed by atoms with E-state index in [0.29, 0.717) is 24.7 Å². The predicted molar refractivity (Wildman–Crippen MR) is 113 cm³/mol. The fourth-order valence-corrected chi connectivity index (χ4v) is 3.95. The zero-order chi connectivity index (χ0) is 21.1. The summed E-state index contributed by atoms with van der Waals surface area (Å²) in [4.78, 5) is 31.4. The highest BCUT2D eigenvalue weighted by molar-refractivity contribution is 6.31. The molecule has 0 saturated carbocycles. The smallest absolute Gasteiger partial charge is 0.287 e. The SMILES string of the molecule is Cc1ncc2c(c1CNC(=O)c1ccco1)CCN(C(=O)Cc1ccccc1Cl)C2. The molecule has 1 N–H and O–H groups in total. The number of fused-ring (bicyclic) bond motifs is 1. The van der Waals surface area contributed by atoms with Crippen LogP contribution in [0.5, 0.6) is 0 Å². The molecule has 3 heterocycles. The third kappa shape index (κ3) is 4.24. The van der Waals surface area contributed by atoms with Gasteiger partial charge in [0, 0.05) is 36.5 Å². The lowest BCUT2D eigenvalue weighted by molar-refractivity contribution is -0.131. The number of hydrogen-bond donors (Lipinski definition) is 1. The number of carbonyl (C=O) groups is 2. The summed E-state index contributed by atoms with van der Waals surface area (Å²) >= 11 is 6.20. The van der Waals surface area contributed by atoms with Crippen molar-refractivity contribution in [1.82, 2.24) is 15.2 Å². The van der Waals surface area contributed by atoms with Gasteiger partial charge in [-0.15, -0.1) is 0 Å². The Morgan fingerprint density at radius 1 is 1.23 bits per heavy atom. The molecule has 0 aliphatic carbocycles. The molecule has 0 bridgehead atoms. The summed E-state index contributed by atoms with van der Waals surface area (Å²) in [6.07, 6.45) is 4.30. The first-order chi connectivity index (χ1) is 14.5. The second-order valence-corrected chi connectivity index (χ2v) is 7.73. The number of furan rings is 1. The number of amides is 2. The van der Waals surface area contributed by atoms with Crippen molar-refractivity contribution in [2.75, 3.05) is 6.54 Å². The van der Waals surface area contributed by atoms with E-state index in [0.717, 1.165) is 34.4 Å². The molecule has 4 rings (SSSR count). The van der Waals surface area contributed by atoms with Crippen LogP contribution in [0.4, 0.5) is 0 Å². The maximum Gasteiger partial charge on any atom is 0.287 e. The van der Waals surface area contributed by atoms with Gasteiger partial charge < -0.3 is 14.6 Å². The van der Waals surface area contributed by atoms with Gasteiger partial charge in [-0.25, -0.2) is 0 Å². The lowest BCUT2D eigenvalue weighted by atomic mass is 9.94. The van der Waals surface area contributed by atoms with E-state index in [-0.39, 0.29) is 24.0 Å². The molecule has 6 nitrogen and oxygen atoms in total. The molecule has 1 aliphatic heterocycles. The van der Waals surface area contributed by atoms with Crippen LogP contribution >= 0.6 is 11.6 Å². The fraction of sp³-hybridized carbons (Fsp3) is 0.261. The van der Waals surface area contributed by atoms with E-state index in [1.807, 2.05) is 36.2 Å². The Balaban J connectivity index is 1.46. The van der Waals surface area contributed by atoms with Gasteiger partial charge in [0.2, 0.25) is 5.91 Å². The van der Waals surface area contributed by atoms with Crippen LogP contribution in [-0.2, 0) is 30.7 Å². The van der Waals surface area contributed by atoms with Gasteiger partial charge >= 0.3 is 0 Å². The number of aryl methyl sites for hydroxylation is 1. The zero-order valence-corrected chi connectivity index (χ0v) is 17.4. The third-order valence-corrected chi connectivity index (χ3v) is 5.79. The van der Waals surface area contributed by atoms with Crippen LogP contribution in [0.2, 0.25) is 5.02 Å². The number of nitrogens with zero attached hydrogens (tertiary/aromatic N) is 2. The maximum atomic E-state index is 12.8. The second kappa shape index (κ2) is 8.71. The molecule has 0 unspecified atom stereocenters. The van der Waals surface area contributed by atoms with Crippen LogP contribution in [0.1, 0.15) is 38.5 Å². The van der Waals surface area contributed by atoms with E-state index in [4.69, 9.17) is 16.0 Å². The first-order valence-corrected chi connectivity index (χ1v) is 10.2. The first kappa shape index (κ1) is 20.2. The van der Waals surface area contributed by atoms with Crippen molar-refractivity contribution in [2.45, 2.75) is 32.9 Å². The average Bonchev–Trinajstić information content (AvgIpc) is 3.29. The van der Waals surface area contributed by atoms with Crippen LogP contribution in [0.25, 0.3) is 0 Å². The highest BCUT2D eigenvalue weighted by Crippen LogP contribution is 2.25. The molecule has 0 fully saturated rings. The molecule has 0 radical (unpaired) electrons. The van der Waals surface area contributed by atoms with Gasteiger partial charge in [0.25, 0.3) is 5.91 Å². The number of hydrogen-bond acceptors (Lipinski definition) is 4. The minimum Gasteiger partial charge on any atom is -0.459 e. The Kier molecular flexibility index (Phi) is 5.86. The molecule has 2 amide bonds. The number of aromatic nitrogens is 1. The quantitative estimate of drug-likeness (QED) is 0.679. The summed E-state index contributed by atoms with van der Waals surface area (Å²) in [5, 5.41) is 3.50. The van der Waals surface area contributed by atoms with Crippen LogP contribution in [-0.4, -0.2) is 28.2 Å². The normalized spacial score (nSPS) is 13.1. The van der Waals surface area contributed by atoms with Gasteiger partial charge in [0.05, 0.1) is 12.7 Å². The van der Waals surface area contributed by atoms with Gasteiger partial charge in [-0.2, -0.15) is 0 Å². The minimum atomic E-state index is -0.260. The van der Waals surface area contributed by atoms with E-state index >= 15 is 0 Å². The maximum absolute atomic E-state index is 12.8. The Labute approximate surface area is 179 Å². The number of halogens is 1. The number of carbonyl (C=O) groups excluding carboxylic acids is 2.